The minimum absolute atomic E-state index is 0.199. The Morgan fingerprint density at radius 3 is 2.47 bits per heavy atom. The fourth-order valence-electron chi connectivity index (χ4n) is 1.68. The number of benzene rings is 1. The summed E-state index contributed by atoms with van der Waals surface area (Å²) >= 11 is 5.93. The minimum Gasteiger partial charge on any atom is -0.245 e. The Balaban J connectivity index is 2.48. The lowest BCUT2D eigenvalue weighted by Crippen LogP contribution is -2.06. The van der Waals surface area contributed by atoms with Crippen LogP contribution in [-0.4, -0.2) is 15.0 Å². The van der Waals surface area contributed by atoms with Crippen molar-refractivity contribution in [1.29, 1.82) is 0 Å². The van der Waals surface area contributed by atoms with E-state index in [-0.39, 0.29) is 11.9 Å². The van der Waals surface area contributed by atoms with Crippen molar-refractivity contribution in [2.45, 2.75) is 25.8 Å². The van der Waals surface area contributed by atoms with Gasteiger partial charge in [-0.05, 0) is 38.1 Å². The van der Waals surface area contributed by atoms with E-state index in [0.29, 0.717) is 11.6 Å². The van der Waals surface area contributed by atoms with Gasteiger partial charge in [-0.1, -0.05) is 5.21 Å². The van der Waals surface area contributed by atoms with E-state index < -0.39 is 0 Å². The third-order valence-electron chi connectivity index (χ3n) is 2.52. The molecule has 5 heteroatoms. The van der Waals surface area contributed by atoms with E-state index in [1.807, 2.05) is 13.8 Å². The summed E-state index contributed by atoms with van der Waals surface area (Å²) in [4.78, 5) is 0. The Hall–Kier alpha value is -1.42. The number of hydrogen-bond donors (Lipinski definition) is 0. The quantitative estimate of drug-likeness (QED) is 0.785. The average Bonchev–Trinajstić information content (AvgIpc) is 2.73. The molecule has 0 radical (unpaired) electrons. The number of halogens is 2. The summed E-state index contributed by atoms with van der Waals surface area (Å²) in [6, 6.07) is 6.37. The number of hydrogen-bond acceptors (Lipinski definition) is 2. The molecule has 0 amide bonds. The molecule has 1 aromatic heterocycles. The van der Waals surface area contributed by atoms with Gasteiger partial charge >= 0.3 is 0 Å². The minimum atomic E-state index is -0.266. The predicted molar refractivity (Wildman–Crippen MR) is 65.4 cm³/mol. The highest BCUT2D eigenvalue weighted by Crippen LogP contribution is 2.24. The molecule has 0 aliphatic carbocycles. The Labute approximate surface area is 104 Å². The molecule has 0 saturated carbocycles. The Morgan fingerprint density at radius 1 is 1.29 bits per heavy atom. The van der Waals surface area contributed by atoms with Crippen molar-refractivity contribution >= 4 is 11.6 Å². The number of rotatable bonds is 3. The molecule has 3 nitrogen and oxygen atoms in total. The predicted octanol–water partition coefficient (Wildman–Crippen LogP) is 3.40. The standard InChI is InChI=1S/C12H13ClFN3/c1-8(2)17-11(7-13)12(15-16-17)9-3-5-10(14)6-4-9/h3-6,8H,7H2,1-2H3. The first-order chi connectivity index (χ1) is 8.13. The molecule has 2 aromatic rings. The lowest BCUT2D eigenvalue weighted by atomic mass is 10.1. The van der Waals surface area contributed by atoms with Crippen LogP contribution < -0.4 is 0 Å². The molecule has 0 N–H and O–H groups in total. The van der Waals surface area contributed by atoms with Crippen LogP contribution in [0.5, 0.6) is 0 Å². The summed E-state index contributed by atoms with van der Waals surface area (Å²) in [6.45, 7) is 4.03. The van der Waals surface area contributed by atoms with Crippen LogP contribution in [0.2, 0.25) is 0 Å². The zero-order valence-electron chi connectivity index (χ0n) is 9.69. The zero-order valence-corrected chi connectivity index (χ0v) is 10.4. The summed E-state index contributed by atoms with van der Waals surface area (Å²) in [5.41, 5.74) is 2.40. The largest absolute Gasteiger partial charge is 0.245 e. The molecular formula is C12H13ClFN3. The third kappa shape index (κ3) is 2.31. The maximum Gasteiger partial charge on any atom is 0.123 e. The van der Waals surface area contributed by atoms with Gasteiger partial charge in [0.1, 0.15) is 11.5 Å². The van der Waals surface area contributed by atoms with Crippen molar-refractivity contribution in [2.24, 2.45) is 0 Å². The first kappa shape index (κ1) is 12.0. The van der Waals surface area contributed by atoms with Gasteiger partial charge < -0.3 is 0 Å². The highest BCUT2D eigenvalue weighted by Gasteiger charge is 2.15. The van der Waals surface area contributed by atoms with E-state index in [1.54, 1.807) is 16.8 Å². The van der Waals surface area contributed by atoms with Crippen LogP contribution >= 0.6 is 11.6 Å². The van der Waals surface area contributed by atoms with E-state index in [2.05, 4.69) is 10.3 Å². The van der Waals surface area contributed by atoms with Crippen molar-refractivity contribution in [3.63, 3.8) is 0 Å². The van der Waals surface area contributed by atoms with E-state index in [0.717, 1.165) is 11.3 Å². The summed E-state index contributed by atoms with van der Waals surface area (Å²) in [7, 11) is 0. The van der Waals surface area contributed by atoms with Crippen LogP contribution in [0.4, 0.5) is 4.39 Å². The van der Waals surface area contributed by atoms with Crippen molar-refractivity contribution in [1.82, 2.24) is 15.0 Å². The monoisotopic (exact) mass is 253 g/mol. The molecule has 0 atom stereocenters. The van der Waals surface area contributed by atoms with Crippen LogP contribution in [0.15, 0.2) is 24.3 Å². The molecule has 0 spiro atoms. The molecule has 0 saturated heterocycles. The van der Waals surface area contributed by atoms with E-state index in [1.165, 1.54) is 12.1 Å². The molecular weight excluding hydrogens is 241 g/mol. The van der Waals surface area contributed by atoms with Crippen molar-refractivity contribution < 1.29 is 4.39 Å². The lowest BCUT2D eigenvalue weighted by Gasteiger charge is -2.08. The second kappa shape index (κ2) is 4.84. The van der Waals surface area contributed by atoms with Gasteiger partial charge in [-0.25, -0.2) is 9.07 Å². The van der Waals surface area contributed by atoms with E-state index in [4.69, 9.17) is 11.6 Å². The fourth-order valence-corrected chi connectivity index (χ4v) is 1.93. The first-order valence-corrected chi connectivity index (χ1v) is 5.93. The SMILES string of the molecule is CC(C)n1nnc(-c2ccc(F)cc2)c1CCl. The first-order valence-electron chi connectivity index (χ1n) is 5.39. The van der Waals surface area contributed by atoms with Crippen LogP contribution in [0.1, 0.15) is 25.6 Å². The Morgan fingerprint density at radius 2 is 1.94 bits per heavy atom. The molecule has 1 heterocycles. The molecule has 0 aliphatic rings. The van der Waals surface area contributed by atoms with Crippen LogP contribution in [0.3, 0.4) is 0 Å². The Bertz CT molecular complexity index is 505. The second-order valence-corrected chi connectivity index (χ2v) is 4.33. The molecule has 1 aromatic carbocycles. The van der Waals surface area contributed by atoms with Crippen molar-refractivity contribution in [3.8, 4) is 11.3 Å². The normalized spacial score (nSPS) is 11.1. The van der Waals surface area contributed by atoms with Gasteiger partial charge in [0.05, 0.1) is 11.6 Å². The van der Waals surface area contributed by atoms with Gasteiger partial charge in [0.2, 0.25) is 0 Å². The van der Waals surface area contributed by atoms with Gasteiger partial charge in [-0.15, -0.1) is 16.7 Å². The van der Waals surface area contributed by atoms with Gasteiger partial charge in [0.25, 0.3) is 0 Å². The van der Waals surface area contributed by atoms with Crippen LogP contribution in [0.25, 0.3) is 11.3 Å². The summed E-state index contributed by atoms with van der Waals surface area (Å²) < 4.78 is 14.6. The lowest BCUT2D eigenvalue weighted by molar-refractivity contribution is 0.501. The number of aromatic nitrogens is 3. The second-order valence-electron chi connectivity index (χ2n) is 4.06. The molecule has 0 fully saturated rings. The van der Waals surface area contributed by atoms with Crippen molar-refractivity contribution in [2.75, 3.05) is 0 Å². The topological polar surface area (TPSA) is 30.7 Å². The van der Waals surface area contributed by atoms with Crippen molar-refractivity contribution in [3.05, 3.63) is 35.8 Å². The van der Waals surface area contributed by atoms with Crippen LogP contribution in [0, 0.1) is 5.82 Å². The maximum atomic E-state index is 12.9. The average molecular weight is 254 g/mol. The Kier molecular flexibility index (Phi) is 3.43. The fraction of sp³-hybridized carbons (Fsp3) is 0.333. The van der Waals surface area contributed by atoms with Gasteiger partial charge in [0, 0.05) is 11.6 Å². The number of alkyl halides is 1. The molecule has 2 rings (SSSR count). The number of nitrogens with zero attached hydrogens (tertiary/aromatic N) is 3. The summed E-state index contributed by atoms with van der Waals surface area (Å²) in [5.74, 6) is 0.0650. The van der Waals surface area contributed by atoms with E-state index >= 15 is 0 Å². The highest BCUT2D eigenvalue weighted by atomic mass is 35.5. The molecule has 17 heavy (non-hydrogen) atoms. The van der Waals surface area contributed by atoms with Crippen LogP contribution in [-0.2, 0) is 5.88 Å². The molecule has 90 valence electrons. The summed E-state index contributed by atoms with van der Waals surface area (Å²) in [5, 5.41) is 8.19. The highest BCUT2D eigenvalue weighted by molar-refractivity contribution is 6.17. The summed E-state index contributed by atoms with van der Waals surface area (Å²) in [6.07, 6.45) is 0. The van der Waals surface area contributed by atoms with Gasteiger partial charge in [-0.2, -0.15) is 0 Å². The third-order valence-corrected chi connectivity index (χ3v) is 2.78. The van der Waals surface area contributed by atoms with E-state index in [9.17, 15) is 4.39 Å². The smallest absolute Gasteiger partial charge is 0.123 e. The maximum absolute atomic E-state index is 12.9. The molecule has 0 aliphatic heterocycles. The zero-order chi connectivity index (χ0) is 12.4. The van der Waals surface area contributed by atoms with Gasteiger partial charge in [-0.3, -0.25) is 0 Å². The molecule has 0 unspecified atom stereocenters. The van der Waals surface area contributed by atoms with Gasteiger partial charge in [0.15, 0.2) is 0 Å². The molecule has 0 bridgehead atoms.